The van der Waals surface area contributed by atoms with E-state index in [0.717, 1.165) is 68.8 Å². The molecule has 0 spiro atoms. The Morgan fingerprint density at radius 1 is 0.925 bits per heavy atom. The van der Waals surface area contributed by atoms with E-state index in [1.807, 2.05) is 12.1 Å². The minimum atomic E-state index is 0.195. The maximum Gasteiger partial charge on any atom is 0.158 e. The second kappa shape index (κ2) is 13.1. The molecule has 5 rings (SSSR count). The Morgan fingerprint density at radius 2 is 1.68 bits per heavy atom. The first kappa shape index (κ1) is 28.6. The van der Waals surface area contributed by atoms with Crippen LogP contribution in [0.15, 0.2) is 66.1 Å². The molecule has 0 saturated heterocycles. The molecule has 40 heavy (non-hydrogen) atoms. The lowest BCUT2D eigenvalue weighted by atomic mass is 9.72. The Kier molecular flexibility index (Phi) is 9.38. The molecule has 1 fully saturated rings. The van der Waals surface area contributed by atoms with Crippen LogP contribution in [-0.2, 0) is 28.9 Å². The van der Waals surface area contributed by atoms with E-state index in [-0.39, 0.29) is 6.04 Å². The maximum absolute atomic E-state index is 9.96. The van der Waals surface area contributed by atoms with Crippen LogP contribution in [0, 0.1) is 11.8 Å². The van der Waals surface area contributed by atoms with E-state index in [1.165, 1.54) is 36.0 Å². The molecule has 0 aliphatic heterocycles. The minimum absolute atomic E-state index is 0.195. The van der Waals surface area contributed by atoms with Gasteiger partial charge in [0.1, 0.15) is 18.1 Å². The van der Waals surface area contributed by atoms with Crippen molar-refractivity contribution in [3.8, 4) is 11.5 Å². The maximum atomic E-state index is 9.96. The van der Waals surface area contributed by atoms with E-state index in [1.54, 1.807) is 14.2 Å². The number of phenolic OH excluding ortho intramolecular Hbond substituents is 1. The van der Waals surface area contributed by atoms with Crippen LogP contribution in [0.4, 0.5) is 0 Å². The summed E-state index contributed by atoms with van der Waals surface area (Å²) in [6.45, 7) is 5.70. The van der Waals surface area contributed by atoms with Crippen LogP contribution in [0.2, 0.25) is 0 Å². The van der Waals surface area contributed by atoms with Gasteiger partial charge in [0.15, 0.2) is 11.5 Å². The Labute approximate surface area is 240 Å². The highest BCUT2D eigenvalue weighted by Crippen LogP contribution is 2.39. The molecule has 216 valence electrons. The quantitative estimate of drug-likeness (QED) is 0.356. The lowest BCUT2D eigenvalue weighted by Crippen LogP contribution is -2.44. The second-order valence-electron chi connectivity index (χ2n) is 11.6. The molecule has 1 saturated carbocycles. The fourth-order valence-electron chi connectivity index (χ4n) is 6.57. The number of benzene rings is 2. The summed E-state index contributed by atoms with van der Waals surface area (Å²) in [5, 5.41) is 9.96. The predicted molar refractivity (Wildman–Crippen MR) is 159 cm³/mol. The van der Waals surface area contributed by atoms with Crippen LogP contribution in [-0.4, -0.2) is 68.0 Å². The first-order valence-corrected chi connectivity index (χ1v) is 15.0. The molecule has 1 N–H and O–H groups in total. The molecule has 2 unspecified atom stereocenters. The number of aryl methyl sites for hydroxylation is 1. The van der Waals surface area contributed by atoms with Crippen molar-refractivity contribution < 1.29 is 19.3 Å². The van der Waals surface area contributed by atoms with Gasteiger partial charge in [-0.1, -0.05) is 31.5 Å². The average Bonchev–Trinajstić information content (AvgIpc) is 2.94. The number of aromatic hydroxyl groups is 1. The van der Waals surface area contributed by atoms with E-state index in [4.69, 9.17) is 14.2 Å². The summed E-state index contributed by atoms with van der Waals surface area (Å²) in [5.74, 6) is 3.69. The zero-order chi connectivity index (χ0) is 28.1. The number of rotatable bonds is 12. The van der Waals surface area contributed by atoms with Gasteiger partial charge in [0.25, 0.3) is 0 Å². The van der Waals surface area contributed by atoms with Crippen LogP contribution >= 0.6 is 0 Å². The highest BCUT2D eigenvalue weighted by atomic mass is 16.5. The van der Waals surface area contributed by atoms with Crippen molar-refractivity contribution in [1.82, 2.24) is 9.80 Å². The van der Waals surface area contributed by atoms with Crippen LogP contribution in [0.1, 0.15) is 49.3 Å². The van der Waals surface area contributed by atoms with Gasteiger partial charge in [-0.2, -0.15) is 0 Å². The summed E-state index contributed by atoms with van der Waals surface area (Å²) in [6, 6.07) is 15.4. The third-order valence-electron chi connectivity index (χ3n) is 9.29. The van der Waals surface area contributed by atoms with E-state index >= 15 is 0 Å². The van der Waals surface area contributed by atoms with E-state index in [2.05, 4.69) is 66.3 Å². The number of nitrogens with zero attached hydrogens (tertiary/aromatic N) is 2. The van der Waals surface area contributed by atoms with Crippen molar-refractivity contribution in [2.75, 3.05) is 41.0 Å². The Hall–Kier alpha value is -2.96. The molecule has 6 nitrogen and oxygen atoms in total. The number of fused-ring (bicyclic) bond motifs is 1. The summed E-state index contributed by atoms with van der Waals surface area (Å²) >= 11 is 0. The van der Waals surface area contributed by atoms with Gasteiger partial charge in [-0.05, 0) is 105 Å². The van der Waals surface area contributed by atoms with Crippen molar-refractivity contribution in [2.45, 2.75) is 64.1 Å². The van der Waals surface area contributed by atoms with Crippen molar-refractivity contribution in [3.05, 3.63) is 82.8 Å². The Balaban J connectivity index is 1.27. The molecule has 3 atom stereocenters. The number of methoxy groups -OCH3 is 2. The van der Waals surface area contributed by atoms with Gasteiger partial charge in [-0.15, -0.1) is 0 Å². The summed E-state index contributed by atoms with van der Waals surface area (Å²) in [5.41, 5.74) is 3.90. The topological polar surface area (TPSA) is 54.4 Å². The van der Waals surface area contributed by atoms with Gasteiger partial charge in [-0.25, -0.2) is 0 Å². The molecule has 0 aromatic heterocycles. The molecule has 0 bridgehead atoms. The molecular weight excluding hydrogens is 500 g/mol. The monoisotopic (exact) mass is 546 g/mol. The van der Waals surface area contributed by atoms with Crippen LogP contribution in [0.3, 0.4) is 0 Å². The standard InChI is InChI=1S/C34H46N2O4/c1-5-36(23-24-9-15-30(16-10-24)40-18-17-35(2)28-7-6-8-28)32-22-34(39-4)33(38-3)21-31(32)27-12-11-26-20-29(37)14-13-25(26)19-27/h9-10,13-16,20-22,27-28,31-32,37H,5-8,11-12,17-19,23H2,1-4H3/t27-,31?,32?/m1/s1. The third kappa shape index (κ3) is 6.50. The first-order valence-electron chi connectivity index (χ1n) is 15.0. The fourth-order valence-corrected chi connectivity index (χ4v) is 6.57. The molecule has 2 aromatic rings. The van der Waals surface area contributed by atoms with Gasteiger partial charge in [-0.3, -0.25) is 4.90 Å². The number of likely N-dealkylation sites (N-methyl/N-ethyl adjacent to an activating group) is 2. The Bertz CT molecular complexity index is 1190. The first-order chi connectivity index (χ1) is 19.5. The highest BCUT2D eigenvalue weighted by molar-refractivity contribution is 5.38. The van der Waals surface area contributed by atoms with E-state index < -0.39 is 0 Å². The summed E-state index contributed by atoms with van der Waals surface area (Å²) < 4.78 is 17.6. The van der Waals surface area contributed by atoms with Gasteiger partial charge in [0.2, 0.25) is 0 Å². The van der Waals surface area contributed by atoms with Crippen molar-refractivity contribution in [2.24, 2.45) is 11.8 Å². The van der Waals surface area contributed by atoms with Crippen molar-refractivity contribution in [1.29, 1.82) is 0 Å². The summed E-state index contributed by atoms with van der Waals surface area (Å²) in [7, 11) is 5.65. The van der Waals surface area contributed by atoms with Gasteiger partial charge in [0, 0.05) is 31.1 Å². The fraction of sp³-hybridized carbons (Fsp3) is 0.529. The molecule has 6 heteroatoms. The zero-order valence-electron chi connectivity index (χ0n) is 24.6. The third-order valence-corrected chi connectivity index (χ3v) is 9.29. The van der Waals surface area contributed by atoms with Gasteiger partial charge < -0.3 is 24.2 Å². The Morgan fingerprint density at radius 3 is 2.35 bits per heavy atom. The SMILES string of the molecule is CCN(Cc1ccc(OCCN(C)C2CCC2)cc1)C1C=C(OC)C(OC)=CC1[C@@H]1CCc2cc(O)ccc2C1. The van der Waals surface area contributed by atoms with Crippen molar-refractivity contribution >= 4 is 0 Å². The van der Waals surface area contributed by atoms with Crippen LogP contribution in [0.25, 0.3) is 0 Å². The minimum Gasteiger partial charge on any atom is -0.508 e. The normalized spacial score (nSPS) is 22.8. The number of ether oxygens (including phenoxy) is 3. The average molecular weight is 547 g/mol. The molecule has 0 amide bonds. The second-order valence-corrected chi connectivity index (χ2v) is 11.6. The van der Waals surface area contributed by atoms with E-state index in [9.17, 15) is 5.11 Å². The largest absolute Gasteiger partial charge is 0.508 e. The number of phenols is 1. The molecule has 0 heterocycles. The summed E-state index contributed by atoms with van der Waals surface area (Å²) in [6.07, 6.45) is 11.6. The van der Waals surface area contributed by atoms with E-state index in [0.29, 0.717) is 17.6 Å². The van der Waals surface area contributed by atoms with Crippen LogP contribution in [0.5, 0.6) is 11.5 Å². The summed E-state index contributed by atoms with van der Waals surface area (Å²) in [4.78, 5) is 4.97. The lowest BCUT2D eigenvalue weighted by Gasteiger charge is -2.41. The van der Waals surface area contributed by atoms with Crippen molar-refractivity contribution in [3.63, 3.8) is 0 Å². The highest BCUT2D eigenvalue weighted by Gasteiger charge is 2.37. The lowest BCUT2D eigenvalue weighted by molar-refractivity contribution is 0.132. The van der Waals surface area contributed by atoms with Gasteiger partial charge in [0.05, 0.1) is 14.2 Å². The molecule has 3 aliphatic carbocycles. The number of hydrogen-bond donors (Lipinski definition) is 1. The van der Waals surface area contributed by atoms with Gasteiger partial charge >= 0.3 is 0 Å². The smallest absolute Gasteiger partial charge is 0.158 e. The molecule has 2 aromatic carbocycles. The zero-order valence-corrected chi connectivity index (χ0v) is 24.6. The molecular formula is C34H46N2O4. The number of hydrogen-bond acceptors (Lipinski definition) is 6. The molecule has 0 radical (unpaired) electrons. The molecule has 3 aliphatic rings. The van der Waals surface area contributed by atoms with Crippen LogP contribution < -0.4 is 4.74 Å². The predicted octanol–water partition coefficient (Wildman–Crippen LogP) is 5.94.